The summed E-state index contributed by atoms with van der Waals surface area (Å²) in [5.41, 5.74) is 0.333. The van der Waals surface area contributed by atoms with Gasteiger partial charge in [0, 0.05) is 0 Å². The fourth-order valence-electron chi connectivity index (χ4n) is 1.70. The van der Waals surface area contributed by atoms with E-state index in [2.05, 4.69) is 53.3 Å². The third-order valence-corrected chi connectivity index (χ3v) is 16.0. The van der Waals surface area contributed by atoms with Crippen molar-refractivity contribution in [2.24, 2.45) is 5.41 Å². The Morgan fingerprint density at radius 3 is 1.73 bits per heavy atom. The van der Waals surface area contributed by atoms with Crippen molar-refractivity contribution in [2.75, 3.05) is 20.7 Å². The van der Waals surface area contributed by atoms with Crippen LogP contribution in [0.4, 0.5) is 0 Å². The zero-order valence-corrected chi connectivity index (χ0v) is 15.2. The van der Waals surface area contributed by atoms with E-state index in [0.717, 1.165) is 6.54 Å². The molecule has 0 aliphatic heterocycles. The minimum absolute atomic E-state index is 0.247. The number of hydrogen-bond donors (Lipinski definition) is 0. The van der Waals surface area contributed by atoms with Crippen LogP contribution in [0.25, 0.3) is 0 Å². The summed E-state index contributed by atoms with van der Waals surface area (Å²) in [4.78, 5) is 0. The third kappa shape index (κ3) is 4.42. The van der Waals surface area contributed by atoms with Crippen molar-refractivity contribution in [1.29, 1.82) is 0 Å². The van der Waals surface area contributed by atoms with E-state index >= 15 is 0 Å². The van der Waals surface area contributed by atoms with E-state index < -0.39 is 5.27 Å². The topological polar surface area (TPSA) is 12.5 Å². The summed E-state index contributed by atoms with van der Waals surface area (Å²) in [5, 5.41) is -1.16. The van der Waals surface area contributed by atoms with Gasteiger partial charge in [-0.05, 0) is 0 Å². The molecule has 0 radical (unpaired) electrons. The molecule has 0 rings (SSSR count). The third-order valence-electron chi connectivity index (χ3n) is 2.25. The Balaban J connectivity index is 4.92. The molecule has 0 aromatic carbocycles. The predicted octanol–water partition coefficient (Wildman–Crippen LogP) is 3.72. The molecule has 92 valence electrons. The van der Waals surface area contributed by atoms with Crippen LogP contribution in [0.3, 0.4) is 0 Å². The summed E-state index contributed by atoms with van der Waals surface area (Å²) in [7, 11) is 4.08. The van der Waals surface area contributed by atoms with Gasteiger partial charge in [0.15, 0.2) is 0 Å². The molecule has 0 aliphatic rings. The fraction of sp³-hybridized carbons (Fsp3) is 1.00. The quantitative estimate of drug-likeness (QED) is 0.667. The Labute approximate surface area is 106 Å². The standard InChI is InChI=1S/C11H26NOP.W/c1-10(2,3)9-12(7)14(13-8)11(4,5)6;/h9H2,1-8H3;. The van der Waals surface area contributed by atoms with E-state index in [9.17, 15) is 0 Å². The van der Waals surface area contributed by atoms with Gasteiger partial charge in [-0.25, -0.2) is 0 Å². The van der Waals surface area contributed by atoms with Crippen molar-refractivity contribution < 1.29 is 23.3 Å². The van der Waals surface area contributed by atoms with E-state index in [1.807, 2.05) is 7.11 Å². The molecule has 4 heteroatoms. The molecule has 0 fully saturated rings. The van der Waals surface area contributed by atoms with Crippen LogP contribution in [0, 0.1) is 5.41 Å². The van der Waals surface area contributed by atoms with Crippen molar-refractivity contribution in [3.8, 4) is 0 Å². The van der Waals surface area contributed by atoms with Crippen LogP contribution in [-0.4, -0.2) is 30.5 Å². The molecular weight excluding hydrogens is 377 g/mol. The van der Waals surface area contributed by atoms with Gasteiger partial charge in [0.25, 0.3) is 0 Å². The monoisotopic (exact) mass is 403 g/mol. The number of nitrogens with zero attached hydrogens (tertiary/aromatic N) is 1. The molecular formula is C11H26NOPW. The van der Waals surface area contributed by atoms with Crippen LogP contribution in [0.15, 0.2) is 0 Å². The first kappa shape index (κ1) is 16.0. The average Bonchev–Trinajstić information content (AvgIpc) is 1.97. The van der Waals surface area contributed by atoms with E-state index in [0.29, 0.717) is 5.41 Å². The maximum atomic E-state index is 5.88. The summed E-state index contributed by atoms with van der Waals surface area (Å²) >= 11 is 1.58. The van der Waals surface area contributed by atoms with Crippen LogP contribution >= 0.6 is 5.27 Å². The summed E-state index contributed by atoms with van der Waals surface area (Å²) in [6.45, 7) is 14.8. The SMILES string of the molecule is CO[P](=[W])(N(C)CC(C)(C)C)C(C)(C)C. The molecule has 0 N–H and O–H groups in total. The summed E-state index contributed by atoms with van der Waals surface area (Å²) in [6.07, 6.45) is 0. The van der Waals surface area contributed by atoms with Gasteiger partial charge in [-0.3, -0.25) is 0 Å². The molecule has 0 saturated carbocycles. The molecule has 0 aromatic rings. The van der Waals surface area contributed by atoms with Gasteiger partial charge in [0.2, 0.25) is 0 Å². The average molecular weight is 403 g/mol. The van der Waals surface area contributed by atoms with Gasteiger partial charge in [-0.15, -0.1) is 0 Å². The van der Waals surface area contributed by atoms with Crippen LogP contribution in [0.5, 0.6) is 0 Å². The zero-order chi connectivity index (χ0) is 12.5. The maximum absolute atomic E-state index is 5.88. The summed E-state index contributed by atoms with van der Waals surface area (Å²) in [6, 6.07) is 0. The van der Waals surface area contributed by atoms with E-state index in [-0.39, 0.29) is 5.16 Å². The van der Waals surface area contributed by atoms with Gasteiger partial charge in [0.1, 0.15) is 0 Å². The summed E-state index contributed by atoms with van der Waals surface area (Å²) in [5.74, 6) is 0. The molecule has 0 amide bonds. The second-order valence-corrected chi connectivity index (χ2v) is 15.0. The van der Waals surface area contributed by atoms with Gasteiger partial charge >= 0.3 is 106 Å². The molecule has 0 aliphatic carbocycles. The first-order chi connectivity index (χ1) is 6.44. The van der Waals surface area contributed by atoms with Crippen molar-refractivity contribution >= 4 is 5.27 Å². The molecule has 0 aromatic heterocycles. The Hall–Kier alpha value is 1.04. The normalized spacial score (nSPS) is 17.9. The van der Waals surface area contributed by atoms with Crippen LogP contribution in [-0.2, 0) is 23.3 Å². The molecule has 0 bridgehead atoms. The van der Waals surface area contributed by atoms with E-state index in [4.69, 9.17) is 4.52 Å². The number of rotatable bonds is 3. The predicted molar refractivity (Wildman–Crippen MR) is 65.8 cm³/mol. The van der Waals surface area contributed by atoms with Crippen LogP contribution in [0.1, 0.15) is 41.5 Å². The Morgan fingerprint density at radius 2 is 1.53 bits per heavy atom. The molecule has 15 heavy (non-hydrogen) atoms. The van der Waals surface area contributed by atoms with Crippen molar-refractivity contribution in [2.45, 2.75) is 46.7 Å². The first-order valence-electron chi connectivity index (χ1n) is 5.31. The van der Waals surface area contributed by atoms with Crippen molar-refractivity contribution in [3.63, 3.8) is 0 Å². The molecule has 1 atom stereocenters. The second-order valence-electron chi connectivity index (χ2n) is 6.25. The zero-order valence-electron chi connectivity index (χ0n) is 11.4. The van der Waals surface area contributed by atoms with Gasteiger partial charge in [-0.2, -0.15) is 0 Å². The number of hydrogen-bond acceptors (Lipinski definition) is 2. The molecule has 0 heterocycles. The van der Waals surface area contributed by atoms with Crippen molar-refractivity contribution in [3.05, 3.63) is 0 Å². The van der Waals surface area contributed by atoms with Crippen LogP contribution in [0.2, 0.25) is 0 Å². The van der Waals surface area contributed by atoms with Gasteiger partial charge in [0.05, 0.1) is 0 Å². The molecule has 0 saturated heterocycles. The minimum atomic E-state index is -1.40. The van der Waals surface area contributed by atoms with Gasteiger partial charge < -0.3 is 0 Å². The van der Waals surface area contributed by atoms with Crippen LogP contribution < -0.4 is 0 Å². The van der Waals surface area contributed by atoms with Gasteiger partial charge in [-0.1, -0.05) is 0 Å². The fourth-order valence-corrected chi connectivity index (χ4v) is 4.79. The first-order valence-corrected chi connectivity index (χ1v) is 10.8. The van der Waals surface area contributed by atoms with E-state index in [1.165, 1.54) is 0 Å². The summed E-state index contributed by atoms with van der Waals surface area (Å²) < 4.78 is 8.34. The molecule has 0 spiro atoms. The van der Waals surface area contributed by atoms with Crippen molar-refractivity contribution in [1.82, 2.24) is 4.67 Å². The molecule has 1 unspecified atom stereocenters. The Kier molecular flexibility index (Phi) is 5.48. The Morgan fingerprint density at radius 1 is 1.13 bits per heavy atom. The second kappa shape index (κ2) is 5.13. The van der Waals surface area contributed by atoms with E-state index in [1.54, 1.807) is 18.8 Å². The Bertz CT molecular complexity index is 252. The molecule has 2 nitrogen and oxygen atoms in total.